The first-order valence-corrected chi connectivity index (χ1v) is 5.35. The normalized spacial score (nSPS) is 11.9. The number of carbonyl (C=O) groups excluding carboxylic acids is 1. The topological polar surface area (TPSA) is 86.6 Å². The Kier molecular flexibility index (Phi) is 4.34. The predicted octanol–water partition coefficient (Wildman–Crippen LogP) is 1.64. The molecule has 0 saturated heterocycles. The van der Waals surface area contributed by atoms with Gasteiger partial charge in [-0.05, 0) is 24.6 Å². The summed E-state index contributed by atoms with van der Waals surface area (Å²) in [6.45, 7) is 1.64. The van der Waals surface area contributed by atoms with Crippen LogP contribution < -0.4 is 5.32 Å². The van der Waals surface area contributed by atoms with E-state index in [1.54, 1.807) is 6.92 Å². The highest BCUT2D eigenvalue weighted by atomic mass is 35.5. The zero-order valence-corrected chi connectivity index (χ0v) is 9.86. The van der Waals surface area contributed by atoms with Crippen LogP contribution in [0.3, 0.4) is 0 Å². The number of aliphatic carboxylic acids is 1. The van der Waals surface area contributed by atoms with Gasteiger partial charge in [0.1, 0.15) is 11.8 Å². The van der Waals surface area contributed by atoms with Gasteiger partial charge in [0.15, 0.2) is 0 Å². The van der Waals surface area contributed by atoms with Crippen LogP contribution in [0.2, 0.25) is 5.02 Å². The van der Waals surface area contributed by atoms with Gasteiger partial charge in [0, 0.05) is 0 Å². The lowest BCUT2D eigenvalue weighted by Crippen LogP contribution is -2.40. The van der Waals surface area contributed by atoms with E-state index < -0.39 is 17.9 Å². The smallest absolute Gasteiger partial charge is 0.326 e. The van der Waals surface area contributed by atoms with E-state index in [0.29, 0.717) is 0 Å². The lowest BCUT2D eigenvalue weighted by Gasteiger charge is -2.13. The molecule has 3 N–H and O–H groups in total. The Bertz CT molecular complexity index is 447. The summed E-state index contributed by atoms with van der Waals surface area (Å²) < 4.78 is 0. The highest BCUT2D eigenvalue weighted by Crippen LogP contribution is 2.21. The number of aromatic hydroxyl groups is 1. The second kappa shape index (κ2) is 5.54. The Balaban J connectivity index is 2.89. The zero-order chi connectivity index (χ0) is 13.0. The third kappa shape index (κ3) is 3.35. The minimum Gasteiger partial charge on any atom is -0.508 e. The van der Waals surface area contributed by atoms with Gasteiger partial charge in [-0.25, -0.2) is 4.79 Å². The van der Waals surface area contributed by atoms with E-state index in [9.17, 15) is 14.7 Å². The van der Waals surface area contributed by atoms with Crippen LogP contribution in [0.25, 0.3) is 0 Å². The van der Waals surface area contributed by atoms with E-state index in [-0.39, 0.29) is 22.8 Å². The van der Waals surface area contributed by atoms with Gasteiger partial charge in [0.05, 0.1) is 10.6 Å². The Morgan fingerprint density at radius 1 is 1.47 bits per heavy atom. The maximum absolute atomic E-state index is 11.7. The van der Waals surface area contributed by atoms with Crippen molar-refractivity contribution in [2.24, 2.45) is 0 Å². The summed E-state index contributed by atoms with van der Waals surface area (Å²) in [5.74, 6) is -1.85. The first-order valence-electron chi connectivity index (χ1n) is 4.98. The first-order chi connectivity index (χ1) is 7.95. The van der Waals surface area contributed by atoms with Crippen LogP contribution in [0.5, 0.6) is 5.75 Å². The second-order valence-corrected chi connectivity index (χ2v) is 3.84. The van der Waals surface area contributed by atoms with Crippen molar-refractivity contribution < 1.29 is 19.8 Å². The number of carboxylic acid groups (broad SMARTS) is 1. The van der Waals surface area contributed by atoms with Gasteiger partial charge in [-0.3, -0.25) is 4.79 Å². The third-order valence-corrected chi connectivity index (χ3v) is 2.54. The average Bonchev–Trinajstić information content (AvgIpc) is 2.28. The molecule has 0 aromatic heterocycles. The number of nitrogens with one attached hydrogen (secondary N) is 1. The predicted molar refractivity (Wildman–Crippen MR) is 62.3 cm³/mol. The van der Waals surface area contributed by atoms with E-state index in [0.717, 1.165) is 0 Å². The van der Waals surface area contributed by atoms with Crippen LogP contribution in [0.1, 0.15) is 23.7 Å². The average molecular weight is 258 g/mol. The Morgan fingerprint density at radius 2 is 2.12 bits per heavy atom. The van der Waals surface area contributed by atoms with Crippen molar-refractivity contribution in [2.75, 3.05) is 0 Å². The van der Waals surface area contributed by atoms with E-state index in [4.69, 9.17) is 16.7 Å². The molecule has 0 bridgehead atoms. The fourth-order valence-corrected chi connectivity index (χ4v) is 1.47. The van der Waals surface area contributed by atoms with E-state index in [2.05, 4.69) is 5.32 Å². The number of hydrogen-bond acceptors (Lipinski definition) is 3. The van der Waals surface area contributed by atoms with Crippen molar-refractivity contribution in [2.45, 2.75) is 19.4 Å². The molecule has 0 saturated carbocycles. The lowest BCUT2D eigenvalue weighted by molar-refractivity contribution is -0.139. The Hall–Kier alpha value is -1.75. The van der Waals surface area contributed by atoms with E-state index >= 15 is 0 Å². The highest BCUT2D eigenvalue weighted by molar-refractivity contribution is 6.33. The fraction of sp³-hybridized carbons (Fsp3) is 0.273. The molecular weight excluding hydrogens is 246 g/mol. The molecule has 92 valence electrons. The monoisotopic (exact) mass is 257 g/mol. The number of carboxylic acids is 1. The lowest BCUT2D eigenvalue weighted by atomic mass is 10.1. The summed E-state index contributed by atoms with van der Waals surface area (Å²) in [5.41, 5.74) is 0.0476. The number of hydrogen-bond donors (Lipinski definition) is 3. The highest BCUT2D eigenvalue weighted by Gasteiger charge is 2.20. The quantitative estimate of drug-likeness (QED) is 0.765. The Morgan fingerprint density at radius 3 is 2.65 bits per heavy atom. The van der Waals surface area contributed by atoms with Crippen LogP contribution in [-0.2, 0) is 4.79 Å². The van der Waals surface area contributed by atoms with Crippen molar-refractivity contribution in [3.8, 4) is 5.75 Å². The molecular formula is C11H12ClNO4. The van der Waals surface area contributed by atoms with Gasteiger partial charge in [0.25, 0.3) is 5.91 Å². The molecule has 0 aliphatic heterocycles. The van der Waals surface area contributed by atoms with Crippen molar-refractivity contribution in [3.63, 3.8) is 0 Å². The number of benzene rings is 1. The molecule has 6 heteroatoms. The van der Waals surface area contributed by atoms with Gasteiger partial charge in [-0.2, -0.15) is 0 Å². The summed E-state index contributed by atoms with van der Waals surface area (Å²) >= 11 is 5.78. The van der Waals surface area contributed by atoms with Gasteiger partial charge in [-0.1, -0.05) is 18.5 Å². The zero-order valence-electron chi connectivity index (χ0n) is 9.11. The summed E-state index contributed by atoms with van der Waals surface area (Å²) in [6, 6.07) is 2.92. The molecule has 1 aromatic rings. The van der Waals surface area contributed by atoms with Gasteiger partial charge in [-0.15, -0.1) is 0 Å². The maximum Gasteiger partial charge on any atom is 0.326 e. The molecule has 1 aromatic carbocycles. The van der Waals surface area contributed by atoms with Gasteiger partial charge < -0.3 is 15.5 Å². The molecule has 1 amide bonds. The molecule has 0 spiro atoms. The minimum absolute atomic E-state index is 0.0476. The molecule has 0 radical (unpaired) electrons. The molecule has 0 fully saturated rings. The summed E-state index contributed by atoms with van der Waals surface area (Å²) in [5, 5.41) is 20.5. The van der Waals surface area contributed by atoms with Crippen LogP contribution >= 0.6 is 11.6 Å². The number of rotatable bonds is 4. The van der Waals surface area contributed by atoms with E-state index in [1.165, 1.54) is 18.2 Å². The van der Waals surface area contributed by atoms with E-state index in [1.807, 2.05) is 0 Å². The summed E-state index contributed by atoms with van der Waals surface area (Å²) in [7, 11) is 0. The molecule has 0 unspecified atom stereocenters. The van der Waals surface area contributed by atoms with Crippen molar-refractivity contribution in [3.05, 3.63) is 28.8 Å². The SMILES string of the molecule is CC[C@H](NC(=O)c1cc(O)ccc1Cl)C(=O)O. The minimum atomic E-state index is -1.11. The van der Waals surface area contributed by atoms with Crippen LogP contribution in [0.15, 0.2) is 18.2 Å². The molecule has 5 nitrogen and oxygen atoms in total. The van der Waals surface area contributed by atoms with Gasteiger partial charge in [0.2, 0.25) is 0 Å². The van der Waals surface area contributed by atoms with Crippen molar-refractivity contribution in [1.29, 1.82) is 0 Å². The third-order valence-electron chi connectivity index (χ3n) is 2.21. The van der Waals surface area contributed by atoms with Crippen LogP contribution in [0.4, 0.5) is 0 Å². The first kappa shape index (κ1) is 13.3. The number of carbonyl (C=O) groups is 2. The van der Waals surface area contributed by atoms with Crippen molar-refractivity contribution >= 4 is 23.5 Å². The van der Waals surface area contributed by atoms with Crippen molar-refractivity contribution in [1.82, 2.24) is 5.32 Å². The number of amides is 1. The van der Waals surface area contributed by atoms with Gasteiger partial charge >= 0.3 is 5.97 Å². The number of halogens is 1. The standard InChI is InChI=1S/C11H12ClNO4/c1-2-9(11(16)17)13-10(15)7-5-6(14)3-4-8(7)12/h3-5,9,14H,2H2,1H3,(H,13,15)(H,16,17)/t9-/m0/s1. The summed E-state index contributed by atoms with van der Waals surface area (Å²) in [6.07, 6.45) is 0.261. The molecule has 1 rings (SSSR count). The molecule has 17 heavy (non-hydrogen) atoms. The second-order valence-electron chi connectivity index (χ2n) is 3.44. The molecule has 0 heterocycles. The fourth-order valence-electron chi connectivity index (χ4n) is 1.26. The van der Waals surface area contributed by atoms with Crippen LogP contribution in [-0.4, -0.2) is 28.1 Å². The largest absolute Gasteiger partial charge is 0.508 e. The molecule has 0 aliphatic carbocycles. The maximum atomic E-state index is 11.7. The van der Waals surface area contributed by atoms with Crippen LogP contribution in [0, 0.1) is 0 Å². The summed E-state index contributed by atoms with van der Waals surface area (Å²) in [4.78, 5) is 22.5. The molecule has 1 atom stereocenters. The number of phenols is 1. The molecule has 0 aliphatic rings. The Labute approximate surface area is 103 Å². The number of phenolic OH excluding ortho intramolecular Hbond substituents is 1.